The van der Waals surface area contributed by atoms with Gasteiger partial charge in [-0.2, -0.15) is 0 Å². The lowest BCUT2D eigenvalue weighted by Crippen LogP contribution is -2.29. The van der Waals surface area contributed by atoms with Gasteiger partial charge in [-0.1, -0.05) is 115 Å². The third-order valence-corrected chi connectivity index (χ3v) is 5.76. The Morgan fingerprint density at radius 2 is 1.27 bits per heavy atom. The second-order valence-corrected chi connectivity index (χ2v) is 8.78. The molecule has 0 bridgehead atoms. The maximum absolute atomic E-state index is 11.8. The lowest BCUT2D eigenvalue weighted by atomic mass is 10.0. The molecule has 5 heteroatoms. The highest BCUT2D eigenvalue weighted by molar-refractivity contribution is 6.30. The lowest BCUT2D eigenvalue weighted by molar-refractivity contribution is 0.251. The Kier molecular flexibility index (Phi) is 16.3. The number of amides is 2. The van der Waals surface area contributed by atoms with Crippen LogP contribution in [-0.4, -0.2) is 17.7 Å². The number of phenols is 1. The SMILES string of the molecule is CCCCCCCCCCCCCCCCCCNC(=O)Nc1ccc(Cl)cc1O. The first-order chi connectivity index (χ1) is 14.6. The topological polar surface area (TPSA) is 61.4 Å². The van der Waals surface area contributed by atoms with Gasteiger partial charge in [0, 0.05) is 17.6 Å². The summed E-state index contributed by atoms with van der Waals surface area (Å²) in [5.41, 5.74) is 0.365. The average Bonchev–Trinajstić information content (AvgIpc) is 2.72. The van der Waals surface area contributed by atoms with Crippen LogP contribution in [0.3, 0.4) is 0 Å². The fraction of sp³-hybridized carbons (Fsp3) is 0.720. The maximum atomic E-state index is 11.8. The lowest BCUT2D eigenvalue weighted by Gasteiger charge is -2.09. The molecule has 3 N–H and O–H groups in total. The van der Waals surface area contributed by atoms with E-state index in [9.17, 15) is 9.90 Å². The number of rotatable bonds is 18. The molecule has 0 saturated carbocycles. The van der Waals surface area contributed by atoms with Gasteiger partial charge < -0.3 is 15.7 Å². The van der Waals surface area contributed by atoms with Crippen molar-refractivity contribution in [1.29, 1.82) is 0 Å². The van der Waals surface area contributed by atoms with Crippen molar-refractivity contribution in [3.8, 4) is 5.75 Å². The number of aromatic hydroxyl groups is 1. The Balaban J connectivity index is 1.82. The van der Waals surface area contributed by atoms with Gasteiger partial charge >= 0.3 is 6.03 Å². The molecule has 30 heavy (non-hydrogen) atoms. The molecule has 0 heterocycles. The first-order valence-electron chi connectivity index (χ1n) is 12.2. The van der Waals surface area contributed by atoms with Crippen LogP contribution in [0.1, 0.15) is 110 Å². The van der Waals surface area contributed by atoms with E-state index >= 15 is 0 Å². The Hall–Kier alpha value is -1.42. The molecule has 0 fully saturated rings. The summed E-state index contributed by atoms with van der Waals surface area (Å²) in [6.07, 6.45) is 21.4. The Bertz CT molecular complexity index is 566. The summed E-state index contributed by atoms with van der Waals surface area (Å²) >= 11 is 5.78. The molecule has 172 valence electrons. The van der Waals surface area contributed by atoms with Crippen LogP contribution < -0.4 is 10.6 Å². The van der Waals surface area contributed by atoms with Gasteiger partial charge in [-0.15, -0.1) is 0 Å². The number of unbranched alkanes of at least 4 members (excludes halogenated alkanes) is 15. The number of hydrogen-bond acceptors (Lipinski definition) is 2. The number of hydrogen-bond donors (Lipinski definition) is 3. The zero-order chi connectivity index (χ0) is 21.9. The van der Waals surface area contributed by atoms with E-state index in [2.05, 4.69) is 17.6 Å². The molecule has 4 nitrogen and oxygen atoms in total. The van der Waals surface area contributed by atoms with E-state index in [4.69, 9.17) is 11.6 Å². The summed E-state index contributed by atoms with van der Waals surface area (Å²) in [5.74, 6) is -0.0277. The van der Waals surface area contributed by atoms with Crippen molar-refractivity contribution < 1.29 is 9.90 Å². The van der Waals surface area contributed by atoms with E-state index in [-0.39, 0.29) is 11.8 Å². The molecule has 0 aliphatic carbocycles. The van der Waals surface area contributed by atoms with Gasteiger partial charge in [0.2, 0.25) is 0 Å². The number of carbonyl (C=O) groups is 1. The Morgan fingerprint density at radius 3 is 1.73 bits per heavy atom. The molecule has 1 rings (SSSR count). The van der Waals surface area contributed by atoms with Crippen molar-refractivity contribution in [3.63, 3.8) is 0 Å². The Labute approximate surface area is 189 Å². The number of phenolic OH excluding ortho intramolecular Hbond substituents is 1. The van der Waals surface area contributed by atoms with E-state index in [1.54, 1.807) is 12.1 Å². The van der Waals surface area contributed by atoms with Crippen LogP contribution in [0.15, 0.2) is 18.2 Å². The summed E-state index contributed by atoms with van der Waals surface area (Å²) in [5, 5.41) is 15.6. The third kappa shape index (κ3) is 14.5. The summed E-state index contributed by atoms with van der Waals surface area (Å²) in [6, 6.07) is 4.33. The van der Waals surface area contributed by atoms with Gasteiger partial charge in [-0.25, -0.2) is 4.79 Å². The summed E-state index contributed by atoms with van der Waals surface area (Å²) in [7, 11) is 0. The van der Waals surface area contributed by atoms with Crippen LogP contribution in [0, 0.1) is 0 Å². The largest absolute Gasteiger partial charge is 0.506 e. The minimum absolute atomic E-state index is 0.0277. The number of urea groups is 1. The molecule has 0 spiro atoms. The normalized spacial score (nSPS) is 10.9. The zero-order valence-electron chi connectivity index (χ0n) is 19.0. The second-order valence-electron chi connectivity index (χ2n) is 8.35. The highest BCUT2D eigenvalue weighted by atomic mass is 35.5. The average molecular weight is 439 g/mol. The van der Waals surface area contributed by atoms with Gasteiger partial charge in [0.1, 0.15) is 5.75 Å². The fourth-order valence-electron chi connectivity index (χ4n) is 3.65. The molecule has 2 amide bonds. The third-order valence-electron chi connectivity index (χ3n) is 5.52. The van der Waals surface area contributed by atoms with Crippen LogP contribution >= 0.6 is 11.6 Å². The van der Waals surface area contributed by atoms with Crippen LogP contribution in [0.4, 0.5) is 10.5 Å². The first kappa shape index (κ1) is 26.6. The van der Waals surface area contributed by atoms with Crippen molar-refractivity contribution in [2.24, 2.45) is 0 Å². The van der Waals surface area contributed by atoms with Crippen molar-refractivity contribution in [3.05, 3.63) is 23.2 Å². The molecular formula is C25H43ClN2O2. The van der Waals surface area contributed by atoms with Gasteiger partial charge in [-0.3, -0.25) is 0 Å². The molecule has 1 aromatic rings. The first-order valence-corrected chi connectivity index (χ1v) is 12.5. The molecule has 0 aromatic heterocycles. The van der Waals surface area contributed by atoms with Crippen molar-refractivity contribution in [2.75, 3.05) is 11.9 Å². The minimum Gasteiger partial charge on any atom is -0.506 e. The molecular weight excluding hydrogens is 396 g/mol. The monoisotopic (exact) mass is 438 g/mol. The molecule has 0 radical (unpaired) electrons. The number of halogens is 1. The molecule has 0 saturated heterocycles. The van der Waals surface area contributed by atoms with Crippen LogP contribution in [0.2, 0.25) is 5.02 Å². The van der Waals surface area contributed by atoms with E-state index in [0.717, 1.165) is 12.8 Å². The number of carbonyl (C=O) groups excluding carboxylic acids is 1. The standard InChI is InChI=1S/C25H43ClN2O2/c1-2-3-4-5-6-7-8-9-10-11-12-13-14-15-16-17-20-27-25(30)28-23-19-18-22(26)21-24(23)29/h18-19,21,29H,2-17,20H2,1H3,(H2,27,28,30). The predicted molar refractivity (Wildman–Crippen MR) is 130 cm³/mol. The molecule has 1 aromatic carbocycles. The highest BCUT2D eigenvalue weighted by Gasteiger charge is 2.06. The number of benzene rings is 1. The van der Waals surface area contributed by atoms with E-state index in [0.29, 0.717) is 17.3 Å². The van der Waals surface area contributed by atoms with Gasteiger partial charge in [0.25, 0.3) is 0 Å². The smallest absolute Gasteiger partial charge is 0.319 e. The van der Waals surface area contributed by atoms with Gasteiger partial charge in [0.05, 0.1) is 5.69 Å². The van der Waals surface area contributed by atoms with Crippen LogP contribution in [0.25, 0.3) is 0 Å². The van der Waals surface area contributed by atoms with Crippen molar-refractivity contribution in [1.82, 2.24) is 5.32 Å². The fourth-order valence-corrected chi connectivity index (χ4v) is 3.82. The second kappa shape index (κ2) is 18.4. The van der Waals surface area contributed by atoms with E-state index < -0.39 is 0 Å². The van der Waals surface area contributed by atoms with Crippen LogP contribution in [0.5, 0.6) is 5.75 Å². The maximum Gasteiger partial charge on any atom is 0.319 e. The molecule has 0 aliphatic heterocycles. The minimum atomic E-state index is -0.298. The van der Waals surface area contributed by atoms with Crippen molar-refractivity contribution >= 4 is 23.3 Å². The van der Waals surface area contributed by atoms with Gasteiger partial charge in [0.15, 0.2) is 0 Å². The van der Waals surface area contributed by atoms with Crippen LogP contribution in [-0.2, 0) is 0 Å². The number of nitrogens with one attached hydrogen (secondary N) is 2. The van der Waals surface area contributed by atoms with E-state index in [1.807, 2.05) is 0 Å². The Morgan fingerprint density at radius 1 is 0.800 bits per heavy atom. The molecule has 0 unspecified atom stereocenters. The zero-order valence-corrected chi connectivity index (χ0v) is 19.7. The molecule has 0 atom stereocenters. The quantitative estimate of drug-likeness (QED) is 0.159. The van der Waals surface area contributed by atoms with E-state index in [1.165, 1.54) is 96.0 Å². The molecule has 0 aliphatic rings. The van der Waals surface area contributed by atoms with Crippen molar-refractivity contribution in [2.45, 2.75) is 110 Å². The predicted octanol–water partition coefficient (Wildman–Crippen LogP) is 8.43. The summed E-state index contributed by atoms with van der Waals surface area (Å²) < 4.78 is 0. The highest BCUT2D eigenvalue weighted by Crippen LogP contribution is 2.26. The van der Waals surface area contributed by atoms with Gasteiger partial charge in [-0.05, 0) is 18.6 Å². The summed E-state index contributed by atoms with van der Waals surface area (Å²) in [4.78, 5) is 11.8. The summed E-state index contributed by atoms with van der Waals surface area (Å²) in [6.45, 7) is 2.93. The number of anilines is 1.